The summed E-state index contributed by atoms with van der Waals surface area (Å²) in [5.74, 6) is 0.110. The molecule has 0 spiro atoms. The third-order valence-electron chi connectivity index (χ3n) is 3.23. The van der Waals surface area contributed by atoms with Gasteiger partial charge in [-0.1, -0.05) is 0 Å². The monoisotopic (exact) mass is 254 g/mol. The van der Waals surface area contributed by atoms with E-state index in [9.17, 15) is 4.79 Å². The molecule has 1 aromatic heterocycles. The molecule has 1 rings (SSSR count). The summed E-state index contributed by atoms with van der Waals surface area (Å²) < 4.78 is 0. The molecule has 0 radical (unpaired) electrons. The summed E-state index contributed by atoms with van der Waals surface area (Å²) in [5.41, 5.74) is -0.519. The Balaban J connectivity index is 2.83. The maximum absolute atomic E-state index is 12.3. The number of likely N-dealkylation sites (N-methyl/N-ethyl adjacent to an activating group) is 2. The molecule has 1 aromatic rings. The van der Waals surface area contributed by atoms with Gasteiger partial charge in [-0.25, -0.2) is 0 Å². The molecular weight excluding hydrogens is 232 g/mol. The fourth-order valence-corrected chi connectivity index (χ4v) is 2.57. The lowest BCUT2D eigenvalue weighted by Gasteiger charge is -2.32. The third kappa shape index (κ3) is 3.07. The van der Waals surface area contributed by atoms with Crippen LogP contribution in [0.1, 0.15) is 36.6 Å². The van der Waals surface area contributed by atoms with Gasteiger partial charge in [0.05, 0.1) is 11.6 Å². The Morgan fingerprint density at radius 1 is 1.47 bits per heavy atom. The topological polar surface area (TPSA) is 32.3 Å². The summed E-state index contributed by atoms with van der Waals surface area (Å²) >= 11 is 1.75. The van der Waals surface area contributed by atoms with Gasteiger partial charge in [-0.05, 0) is 46.9 Å². The fraction of sp³-hybridized carbons (Fsp3) is 0.615. The van der Waals surface area contributed by atoms with E-state index in [-0.39, 0.29) is 11.9 Å². The zero-order valence-electron chi connectivity index (χ0n) is 11.5. The van der Waals surface area contributed by atoms with Gasteiger partial charge in [0.25, 0.3) is 0 Å². The first-order chi connectivity index (χ1) is 7.79. The Labute approximate surface area is 108 Å². The van der Waals surface area contributed by atoms with Crippen LogP contribution < -0.4 is 5.32 Å². The van der Waals surface area contributed by atoms with Crippen molar-refractivity contribution >= 4 is 17.2 Å². The van der Waals surface area contributed by atoms with E-state index < -0.39 is 5.54 Å². The quantitative estimate of drug-likeness (QED) is 0.895. The number of amides is 1. The normalized spacial score (nSPS) is 13.5. The van der Waals surface area contributed by atoms with E-state index in [1.165, 1.54) is 9.75 Å². The molecule has 0 aliphatic carbocycles. The van der Waals surface area contributed by atoms with Crippen molar-refractivity contribution < 1.29 is 4.79 Å². The highest BCUT2D eigenvalue weighted by molar-refractivity contribution is 7.12. The van der Waals surface area contributed by atoms with Gasteiger partial charge in [-0.3, -0.25) is 4.79 Å². The Bertz CT molecular complexity index is 398. The molecule has 1 unspecified atom stereocenters. The molecule has 1 atom stereocenters. The zero-order valence-corrected chi connectivity index (χ0v) is 12.3. The lowest BCUT2D eigenvalue weighted by atomic mass is 10.0. The first kappa shape index (κ1) is 14.2. The van der Waals surface area contributed by atoms with Gasteiger partial charge in [-0.15, -0.1) is 11.3 Å². The molecule has 3 nitrogen and oxygen atoms in total. The molecule has 96 valence electrons. The smallest absolute Gasteiger partial charge is 0.242 e. The minimum absolute atomic E-state index is 0.110. The van der Waals surface area contributed by atoms with E-state index in [1.54, 1.807) is 11.3 Å². The van der Waals surface area contributed by atoms with Crippen LogP contribution >= 0.6 is 11.3 Å². The van der Waals surface area contributed by atoms with E-state index in [2.05, 4.69) is 31.3 Å². The van der Waals surface area contributed by atoms with Gasteiger partial charge in [0.2, 0.25) is 5.91 Å². The maximum atomic E-state index is 12.3. The summed E-state index contributed by atoms with van der Waals surface area (Å²) in [6.45, 7) is 7.95. The van der Waals surface area contributed by atoms with Crippen LogP contribution in [-0.2, 0) is 4.79 Å². The van der Waals surface area contributed by atoms with Crippen LogP contribution in [0, 0.1) is 6.92 Å². The molecule has 0 bridgehead atoms. The van der Waals surface area contributed by atoms with E-state index in [0.29, 0.717) is 0 Å². The van der Waals surface area contributed by atoms with E-state index in [1.807, 2.05) is 32.8 Å². The van der Waals surface area contributed by atoms with Gasteiger partial charge in [-0.2, -0.15) is 0 Å². The number of hydrogen-bond acceptors (Lipinski definition) is 3. The van der Waals surface area contributed by atoms with Crippen molar-refractivity contribution in [2.75, 3.05) is 14.1 Å². The first-order valence-corrected chi connectivity index (χ1v) is 6.63. The van der Waals surface area contributed by atoms with Crippen molar-refractivity contribution in [3.05, 3.63) is 21.9 Å². The van der Waals surface area contributed by atoms with Crippen molar-refractivity contribution in [2.24, 2.45) is 0 Å². The van der Waals surface area contributed by atoms with E-state index in [0.717, 1.165) is 0 Å². The number of carbonyl (C=O) groups is 1. The van der Waals surface area contributed by atoms with Crippen molar-refractivity contribution in [3.8, 4) is 0 Å². The minimum Gasteiger partial charge on any atom is -0.337 e. The largest absolute Gasteiger partial charge is 0.337 e. The highest BCUT2D eigenvalue weighted by atomic mass is 32.1. The maximum Gasteiger partial charge on any atom is 0.242 e. The van der Waals surface area contributed by atoms with Gasteiger partial charge in [0.1, 0.15) is 0 Å². The molecule has 17 heavy (non-hydrogen) atoms. The van der Waals surface area contributed by atoms with Crippen LogP contribution in [0.4, 0.5) is 0 Å². The third-order valence-corrected chi connectivity index (χ3v) is 4.40. The minimum atomic E-state index is -0.519. The number of carbonyl (C=O) groups excluding carboxylic acids is 1. The number of rotatable bonds is 4. The van der Waals surface area contributed by atoms with Gasteiger partial charge in [0, 0.05) is 16.8 Å². The molecule has 4 heteroatoms. The molecule has 0 saturated carbocycles. The van der Waals surface area contributed by atoms with E-state index in [4.69, 9.17) is 0 Å². The molecule has 0 fully saturated rings. The molecule has 1 N–H and O–H groups in total. The summed E-state index contributed by atoms with van der Waals surface area (Å²) in [6.07, 6.45) is 0. The molecular formula is C13H22N2OS. The Kier molecular flexibility index (Phi) is 4.33. The van der Waals surface area contributed by atoms with Crippen LogP contribution in [0.15, 0.2) is 12.1 Å². The predicted molar refractivity (Wildman–Crippen MR) is 73.4 cm³/mol. The van der Waals surface area contributed by atoms with E-state index >= 15 is 0 Å². The lowest BCUT2D eigenvalue weighted by Crippen LogP contribution is -2.52. The standard InChI is InChI=1S/C13H22N2OS/c1-9-7-8-11(17-9)10(2)15(6)12(16)13(3,4)14-5/h7-8,10,14H,1-6H3. The second kappa shape index (κ2) is 5.19. The van der Waals surface area contributed by atoms with Crippen molar-refractivity contribution in [2.45, 2.75) is 39.3 Å². The van der Waals surface area contributed by atoms with Crippen molar-refractivity contribution in [1.82, 2.24) is 10.2 Å². The van der Waals surface area contributed by atoms with Crippen molar-refractivity contribution in [3.63, 3.8) is 0 Å². The summed E-state index contributed by atoms with van der Waals surface area (Å²) in [5, 5.41) is 3.05. The fourth-order valence-electron chi connectivity index (χ4n) is 1.59. The number of nitrogens with one attached hydrogen (secondary N) is 1. The van der Waals surface area contributed by atoms with Crippen LogP contribution in [0.5, 0.6) is 0 Å². The molecule has 0 saturated heterocycles. The molecule has 1 amide bonds. The Morgan fingerprint density at radius 3 is 2.47 bits per heavy atom. The van der Waals surface area contributed by atoms with Gasteiger partial charge < -0.3 is 10.2 Å². The number of hydrogen-bond donors (Lipinski definition) is 1. The SMILES string of the molecule is CNC(C)(C)C(=O)N(C)C(C)c1ccc(C)s1. The highest BCUT2D eigenvalue weighted by Crippen LogP contribution is 2.27. The predicted octanol–water partition coefficient (Wildman–Crippen LogP) is 2.57. The highest BCUT2D eigenvalue weighted by Gasteiger charge is 2.31. The Hall–Kier alpha value is -0.870. The lowest BCUT2D eigenvalue weighted by molar-refractivity contribution is -0.137. The van der Waals surface area contributed by atoms with Crippen molar-refractivity contribution in [1.29, 1.82) is 0 Å². The van der Waals surface area contributed by atoms with Crippen LogP contribution in [0.2, 0.25) is 0 Å². The average Bonchev–Trinajstić information content (AvgIpc) is 2.72. The number of nitrogens with zero attached hydrogens (tertiary/aromatic N) is 1. The number of aryl methyl sites for hydroxylation is 1. The summed E-state index contributed by atoms with van der Waals surface area (Å²) in [7, 11) is 3.67. The molecule has 1 heterocycles. The second-order valence-electron chi connectivity index (χ2n) is 4.92. The van der Waals surface area contributed by atoms with Crippen LogP contribution in [-0.4, -0.2) is 30.4 Å². The van der Waals surface area contributed by atoms with Gasteiger partial charge >= 0.3 is 0 Å². The molecule has 0 aliphatic heterocycles. The summed E-state index contributed by atoms with van der Waals surface area (Å²) in [4.78, 5) is 16.6. The van der Waals surface area contributed by atoms with Gasteiger partial charge in [0.15, 0.2) is 0 Å². The zero-order chi connectivity index (χ0) is 13.2. The molecule has 0 aliphatic rings. The van der Waals surface area contributed by atoms with Crippen LogP contribution in [0.25, 0.3) is 0 Å². The first-order valence-electron chi connectivity index (χ1n) is 5.82. The molecule has 0 aromatic carbocycles. The average molecular weight is 254 g/mol. The second-order valence-corrected chi connectivity index (χ2v) is 6.23. The van der Waals surface area contributed by atoms with Crippen LogP contribution in [0.3, 0.4) is 0 Å². The summed E-state index contributed by atoms with van der Waals surface area (Å²) in [6, 6.07) is 4.31. The number of thiophene rings is 1. The Morgan fingerprint density at radius 2 is 2.06 bits per heavy atom.